The predicted octanol–water partition coefficient (Wildman–Crippen LogP) is 2.25. The van der Waals surface area contributed by atoms with E-state index in [1.807, 2.05) is 10.9 Å². The van der Waals surface area contributed by atoms with Crippen molar-refractivity contribution in [2.45, 2.75) is 56.5 Å². The van der Waals surface area contributed by atoms with Crippen molar-refractivity contribution < 1.29 is 4.79 Å². The maximum absolute atomic E-state index is 12.8. The van der Waals surface area contributed by atoms with Crippen LogP contribution in [0.25, 0.3) is 0 Å². The van der Waals surface area contributed by atoms with Gasteiger partial charge < -0.3 is 5.32 Å². The first-order chi connectivity index (χ1) is 13.1. The third-order valence-electron chi connectivity index (χ3n) is 6.01. The van der Waals surface area contributed by atoms with Crippen LogP contribution in [0.1, 0.15) is 67.2 Å². The van der Waals surface area contributed by atoms with Crippen molar-refractivity contribution in [3.05, 3.63) is 29.8 Å². The lowest BCUT2D eigenvalue weighted by atomic mass is 9.82. The molecule has 1 N–H and O–H groups in total. The first-order valence-electron chi connectivity index (χ1n) is 9.77. The standard InChI is InChI=1S/C19H27N7O/c1-20-13-19(9-10-19)26-12-15(23-24-26)17(14-6-4-3-5-7-14)22-18(27)16-8-11-21-25(16)2/h8,11-12,14,17H,1,3-7,9-10,13H2,2H3,(H,22,27). The second-order valence-corrected chi connectivity index (χ2v) is 7.88. The molecule has 2 saturated carbocycles. The smallest absolute Gasteiger partial charge is 0.270 e. The molecule has 0 radical (unpaired) electrons. The van der Waals surface area contributed by atoms with Gasteiger partial charge in [-0.25, -0.2) is 4.68 Å². The molecule has 2 aliphatic carbocycles. The molecule has 2 heterocycles. The summed E-state index contributed by atoms with van der Waals surface area (Å²) in [5.41, 5.74) is 1.33. The molecule has 0 bridgehead atoms. The van der Waals surface area contributed by atoms with Gasteiger partial charge in [0.05, 0.1) is 24.3 Å². The number of aromatic nitrogens is 5. The molecule has 2 aromatic heterocycles. The Kier molecular flexibility index (Phi) is 4.80. The van der Waals surface area contributed by atoms with Crippen molar-refractivity contribution in [2.75, 3.05) is 6.54 Å². The van der Waals surface area contributed by atoms with Gasteiger partial charge in [0.25, 0.3) is 5.91 Å². The van der Waals surface area contributed by atoms with E-state index >= 15 is 0 Å². The summed E-state index contributed by atoms with van der Waals surface area (Å²) in [5.74, 6) is 0.266. The van der Waals surface area contributed by atoms with Crippen LogP contribution in [0, 0.1) is 5.92 Å². The molecule has 2 fully saturated rings. The summed E-state index contributed by atoms with van der Waals surface area (Å²) in [6, 6.07) is 1.60. The zero-order valence-electron chi connectivity index (χ0n) is 15.8. The Morgan fingerprint density at radius 2 is 2.19 bits per heavy atom. The maximum atomic E-state index is 12.8. The number of nitrogens with one attached hydrogen (secondary N) is 1. The van der Waals surface area contributed by atoms with Gasteiger partial charge in [-0.15, -0.1) is 5.10 Å². The molecule has 4 rings (SSSR count). The molecule has 0 saturated heterocycles. The topological polar surface area (TPSA) is 90.0 Å². The predicted molar refractivity (Wildman–Crippen MR) is 102 cm³/mol. The average Bonchev–Trinajstić information content (AvgIpc) is 3.09. The molecule has 1 amide bonds. The van der Waals surface area contributed by atoms with Crippen molar-refractivity contribution in [3.63, 3.8) is 0 Å². The highest BCUT2D eigenvalue weighted by Gasteiger charge is 2.46. The van der Waals surface area contributed by atoms with Gasteiger partial charge in [0.2, 0.25) is 0 Å². The van der Waals surface area contributed by atoms with Crippen LogP contribution in [0.5, 0.6) is 0 Å². The minimum absolute atomic E-state index is 0.0594. The number of hydrogen-bond donors (Lipinski definition) is 1. The zero-order chi connectivity index (χ0) is 18.9. The van der Waals surface area contributed by atoms with Crippen molar-refractivity contribution >= 4 is 12.6 Å². The van der Waals surface area contributed by atoms with Crippen LogP contribution >= 0.6 is 0 Å². The van der Waals surface area contributed by atoms with E-state index in [0.717, 1.165) is 31.4 Å². The largest absolute Gasteiger partial charge is 0.342 e. The summed E-state index contributed by atoms with van der Waals surface area (Å²) >= 11 is 0. The van der Waals surface area contributed by atoms with E-state index in [0.29, 0.717) is 18.2 Å². The van der Waals surface area contributed by atoms with Crippen LogP contribution in [-0.2, 0) is 12.6 Å². The molecule has 1 atom stereocenters. The molecular formula is C19H27N7O. The average molecular weight is 369 g/mol. The Balaban J connectivity index is 1.58. The third-order valence-corrected chi connectivity index (χ3v) is 6.01. The summed E-state index contributed by atoms with van der Waals surface area (Å²) in [5, 5.41) is 16.1. The number of aliphatic imine (C=N–C) groups is 1. The molecule has 0 aromatic carbocycles. The van der Waals surface area contributed by atoms with Gasteiger partial charge >= 0.3 is 0 Å². The Morgan fingerprint density at radius 1 is 1.41 bits per heavy atom. The number of amides is 1. The molecule has 2 aromatic rings. The van der Waals surface area contributed by atoms with E-state index in [9.17, 15) is 4.79 Å². The number of carbonyl (C=O) groups is 1. The maximum Gasteiger partial charge on any atom is 0.270 e. The Hall–Kier alpha value is -2.51. The monoisotopic (exact) mass is 369 g/mol. The molecule has 144 valence electrons. The molecule has 8 nitrogen and oxygen atoms in total. The SMILES string of the molecule is C=NCC1(n2cc(C(NC(=O)c3ccnn3C)C3CCCCC3)nn2)CC1. The van der Waals surface area contributed by atoms with Gasteiger partial charge in [0.1, 0.15) is 11.4 Å². The lowest BCUT2D eigenvalue weighted by Crippen LogP contribution is -2.35. The fourth-order valence-electron chi connectivity index (χ4n) is 4.18. The second kappa shape index (κ2) is 7.25. The first-order valence-corrected chi connectivity index (χ1v) is 9.77. The highest BCUT2D eigenvalue weighted by atomic mass is 16.2. The molecule has 0 aliphatic heterocycles. The molecular weight excluding hydrogens is 342 g/mol. The Morgan fingerprint density at radius 3 is 2.81 bits per heavy atom. The summed E-state index contributed by atoms with van der Waals surface area (Å²) in [6.07, 6.45) is 11.6. The van der Waals surface area contributed by atoms with E-state index in [1.165, 1.54) is 19.3 Å². The highest BCUT2D eigenvalue weighted by Crippen LogP contribution is 2.43. The highest BCUT2D eigenvalue weighted by molar-refractivity contribution is 5.92. The zero-order valence-corrected chi connectivity index (χ0v) is 15.8. The van der Waals surface area contributed by atoms with Gasteiger partial charge in [0.15, 0.2) is 0 Å². The Bertz CT molecular complexity index is 814. The van der Waals surface area contributed by atoms with Crippen molar-refractivity contribution in [3.8, 4) is 0 Å². The molecule has 2 aliphatic rings. The first kappa shape index (κ1) is 17.9. The quantitative estimate of drug-likeness (QED) is 0.758. The van der Waals surface area contributed by atoms with E-state index in [1.54, 1.807) is 24.0 Å². The summed E-state index contributed by atoms with van der Waals surface area (Å²) in [4.78, 5) is 16.9. The number of rotatable bonds is 7. The summed E-state index contributed by atoms with van der Waals surface area (Å²) in [7, 11) is 1.78. The molecule has 8 heteroatoms. The van der Waals surface area contributed by atoms with Crippen molar-refractivity contribution in [1.29, 1.82) is 0 Å². The van der Waals surface area contributed by atoms with Gasteiger partial charge in [-0.3, -0.25) is 14.5 Å². The number of aryl methyl sites for hydroxylation is 1. The normalized spacial score (nSPS) is 20.2. The fourth-order valence-corrected chi connectivity index (χ4v) is 4.18. The third kappa shape index (κ3) is 3.52. The van der Waals surface area contributed by atoms with E-state index in [2.05, 4.69) is 32.4 Å². The minimum atomic E-state index is -0.131. The minimum Gasteiger partial charge on any atom is -0.342 e. The van der Waals surface area contributed by atoms with Crippen LogP contribution in [0.15, 0.2) is 23.5 Å². The van der Waals surface area contributed by atoms with Gasteiger partial charge in [-0.2, -0.15) is 5.10 Å². The van der Waals surface area contributed by atoms with Crippen molar-refractivity contribution in [2.24, 2.45) is 18.0 Å². The van der Waals surface area contributed by atoms with Crippen molar-refractivity contribution in [1.82, 2.24) is 30.1 Å². The number of carbonyl (C=O) groups excluding carboxylic acids is 1. The molecule has 27 heavy (non-hydrogen) atoms. The van der Waals surface area contributed by atoms with E-state index in [4.69, 9.17) is 0 Å². The molecule has 1 unspecified atom stereocenters. The van der Waals surface area contributed by atoms with Crippen LogP contribution in [0.4, 0.5) is 0 Å². The van der Waals surface area contributed by atoms with Crippen LogP contribution in [0.2, 0.25) is 0 Å². The molecule has 0 spiro atoms. The Labute approximate surface area is 159 Å². The summed E-state index contributed by atoms with van der Waals surface area (Å²) < 4.78 is 3.53. The fraction of sp³-hybridized carbons (Fsp3) is 0.632. The van der Waals surface area contributed by atoms with Gasteiger partial charge in [0, 0.05) is 13.2 Å². The van der Waals surface area contributed by atoms with E-state index < -0.39 is 0 Å². The lowest BCUT2D eigenvalue weighted by Gasteiger charge is -2.29. The van der Waals surface area contributed by atoms with Crippen LogP contribution in [0.3, 0.4) is 0 Å². The number of nitrogens with zero attached hydrogens (tertiary/aromatic N) is 6. The second-order valence-electron chi connectivity index (χ2n) is 7.88. The van der Waals surface area contributed by atoms with Crippen LogP contribution in [-0.4, -0.2) is 43.9 Å². The summed E-state index contributed by atoms with van der Waals surface area (Å²) in [6.45, 7) is 4.28. The number of hydrogen-bond acceptors (Lipinski definition) is 5. The van der Waals surface area contributed by atoms with Gasteiger partial charge in [-0.1, -0.05) is 24.5 Å². The van der Waals surface area contributed by atoms with Crippen LogP contribution < -0.4 is 5.32 Å². The van der Waals surface area contributed by atoms with E-state index in [-0.39, 0.29) is 17.5 Å². The van der Waals surface area contributed by atoms with Gasteiger partial charge in [-0.05, 0) is 44.4 Å². The lowest BCUT2D eigenvalue weighted by molar-refractivity contribution is 0.0901.